The van der Waals surface area contributed by atoms with Crippen molar-refractivity contribution in [1.82, 2.24) is 10.0 Å². The maximum absolute atomic E-state index is 13.7. The van der Waals surface area contributed by atoms with Gasteiger partial charge in [-0.2, -0.15) is 13.2 Å². The fraction of sp³-hybridized carbons (Fsp3) is 0.350. The van der Waals surface area contributed by atoms with Crippen molar-refractivity contribution in [3.05, 3.63) is 57.6 Å². The summed E-state index contributed by atoms with van der Waals surface area (Å²) >= 11 is 12.2. The molecule has 0 aliphatic rings. The zero-order chi connectivity index (χ0) is 26.1. The minimum absolute atomic E-state index is 0.380. The van der Waals surface area contributed by atoms with Crippen molar-refractivity contribution in [2.24, 2.45) is 0 Å². The Morgan fingerprint density at radius 1 is 1.12 bits per heavy atom. The lowest BCUT2D eigenvalue weighted by Crippen LogP contribution is -2.53. The standard InChI is InChI=1S/C20H21Cl2F3N2O6S/c1-10(9-28)27-34(32,33)14-8-7-12(15(21)16(14)22)17(19(2,31)20(23,24)25)26-18(30)11-5-3-4-6-13(11)29/h3-8,10,17,27-29,31H,9H2,1-2H3,(H,26,30)/t10-,17?,19?/m0/s1. The maximum Gasteiger partial charge on any atom is 0.419 e. The molecule has 0 saturated heterocycles. The number of sulfonamides is 1. The lowest BCUT2D eigenvalue weighted by molar-refractivity contribution is -0.263. The molecule has 14 heteroatoms. The van der Waals surface area contributed by atoms with Crippen LogP contribution in [0.5, 0.6) is 5.75 Å². The molecule has 0 aliphatic carbocycles. The van der Waals surface area contributed by atoms with Gasteiger partial charge in [-0.25, -0.2) is 13.1 Å². The first-order valence-corrected chi connectivity index (χ1v) is 11.8. The number of amides is 1. The van der Waals surface area contributed by atoms with Crippen LogP contribution in [0.25, 0.3) is 0 Å². The van der Waals surface area contributed by atoms with Gasteiger partial charge in [-0.15, -0.1) is 0 Å². The van der Waals surface area contributed by atoms with E-state index in [-0.39, 0.29) is 5.56 Å². The molecule has 3 atom stereocenters. The normalized spacial score (nSPS) is 15.9. The molecule has 5 N–H and O–H groups in total. The molecule has 0 fully saturated rings. The Morgan fingerprint density at radius 2 is 1.71 bits per heavy atom. The lowest BCUT2D eigenvalue weighted by atomic mass is 9.89. The van der Waals surface area contributed by atoms with Gasteiger partial charge in [-0.05, 0) is 37.6 Å². The second kappa shape index (κ2) is 10.3. The van der Waals surface area contributed by atoms with E-state index in [0.717, 1.165) is 24.3 Å². The van der Waals surface area contributed by atoms with E-state index in [4.69, 9.17) is 28.3 Å². The number of aliphatic hydroxyl groups excluding tert-OH is 1. The Kier molecular flexibility index (Phi) is 8.50. The van der Waals surface area contributed by atoms with E-state index in [1.165, 1.54) is 19.1 Å². The molecule has 0 aromatic heterocycles. The number of carbonyl (C=O) groups is 1. The highest BCUT2D eigenvalue weighted by atomic mass is 35.5. The molecule has 8 nitrogen and oxygen atoms in total. The van der Waals surface area contributed by atoms with Crippen molar-refractivity contribution in [1.29, 1.82) is 0 Å². The van der Waals surface area contributed by atoms with E-state index < -0.39 is 72.7 Å². The summed E-state index contributed by atoms with van der Waals surface area (Å²) in [6.45, 7) is 1.20. The number of aromatic hydroxyl groups is 1. The predicted molar refractivity (Wildman–Crippen MR) is 118 cm³/mol. The molecule has 188 valence electrons. The third-order valence-corrected chi connectivity index (χ3v) is 7.51. The highest BCUT2D eigenvalue weighted by Crippen LogP contribution is 2.44. The van der Waals surface area contributed by atoms with Gasteiger partial charge in [-0.1, -0.05) is 41.4 Å². The number of alkyl halides is 3. The molecule has 0 heterocycles. The monoisotopic (exact) mass is 544 g/mol. The van der Waals surface area contributed by atoms with Crippen molar-refractivity contribution in [3.63, 3.8) is 0 Å². The number of benzene rings is 2. The molecule has 2 unspecified atom stereocenters. The Morgan fingerprint density at radius 3 is 2.24 bits per heavy atom. The molecule has 0 radical (unpaired) electrons. The first-order valence-electron chi connectivity index (χ1n) is 9.53. The summed E-state index contributed by atoms with van der Waals surface area (Å²) < 4.78 is 68.3. The number of aliphatic hydroxyl groups is 2. The van der Waals surface area contributed by atoms with Gasteiger partial charge in [0.1, 0.15) is 10.6 Å². The summed E-state index contributed by atoms with van der Waals surface area (Å²) in [5, 5.41) is 29.9. The fourth-order valence-corrected chi connectivity index (χ4v) is 5.03. The SMILES string of the molecule is C[C@@H](CO)NS(=O)(=O)c1ccc(C(NC(=O)c2ccccc2O)C(C)(O)C(F)(F)F)c(Cl)c1Cl. The molecule has 0 aliphatic heterocycles. The van der Waals surface area contributed by atoms with Crippen LogP contribution >= 0.6 is 23.2 Å². The first-order chi connectivity index (χ1) is 15.5. The van der Waals surface area contributed by atoms with Gasteiger partial charge in [0.25, 0.3) is 5.91 Å². The number of phenols is 1. The van der Waals surface area contributed by atoms with Crippen LogP contribution < -0.4 is 10.0 Å². The molecular formula is C20H21Cl2F3N2O6S. The quantitative estimate of drug-likeness (QED) is 0.346. The van der Waals surface area contributed by atoms with Crippen molar-refractivity contribution >= 4 is 39.1 Å². The number of phenolic OH excluding ortho intramolecular Hbond substituents is 1. The summed E-state index contributed by atoms with van der Waals surface area (Å²) in [6, 6.07) is 3.57. The van der Waals surface area contributed by atoms with Gasteiger partial charge < -0.3 is 20.6 Å². The smallest absolute Gasteiger partial charge is 0.419 e. The van der Waals surface area contributed by atoms with E-state index in [2.05, 4.69) is 4.72 Å². The Balaban J connectivity index is 2.63. The summed E-state index contributed by atoms with van der Waals surface area (Å²) in [7, 11) is -4.33. The van der Waals surface area contributed by atoms with Crippen LogP contribution in [0, 0.1) is 0 Å². The molecule has 0 saturated carbocycles. The van der Waals surface area contributed by atoms with Gasteiger partial charge in [0.05, 0.1) is 28.3 Å². The van der Waals surface area contributed by atoms with Crippen LogP contribution in [0.2, 0.25) is 10.0 Å². The molecule has 2 aromatic rings. The molecule has 2 rings (SSSR count). The second-order valence-electron chi connectivity index (χ2n) is 7.55. The van der Waals surface area contributed by atoms with E-state index in [1.807, 2.05) is 5.32 Å². The van der Waals surface area contributed by atoms with Crippen LogP contribution in [0.15, 0.2) is 41.3 Å². The molecular weight excluding hydrogens is 524 g/mol. The van der Waals surface area contributed by atoms with Gasteiger partial charge in [-0.3, -0.25) is 4.79 Å². The van der Waals surface area contributed by atoms with Crippen LogP contribution in [-0.4, -0.2) is 54.1 Å². The third kappa shape index (κ3) is 5.75. The van der Waals surface area contributed by atoms with Gasteiger partial charge in [0.15, 0.2) is 5.60 Å². The van der Waals surface area contributed by atoms with Crippen LogP contribution in [0.3, 0.4) is 0 Å². The van der Waals surface area contributed by atoms with Crippen LogP contribution in [0.4, 0.5) is 13.2 Å². The number of nitrogens with one attached hydrogen (secondary N) is 2. The van der Waals surface area contributed by atoms with E-state index in [0.29, 0.717) is 6.92 Å². The number of hydrogen-bond acceptors (Lipinski definition) is 6. The molecule has 0 bridgehead atoms. The molecule has 34 heavy (non-hydrogen) atoms. The van der Waals surface area contributed by atoms with E-state index in [1.54, 1.807) is 0 Å². The van der Waals surface area contributed by atoms with Crippen molar-refractivity contribution in [2.75, 3.05) is 6.61 Å². The van der Waals surface area contributed by atoms with Crippen LogP contribution in [-0.2, 0) is 10.0 Å². The van der Waals surface area contributed by atoms with E-state index in [9.17, 15) is 36.6 Å². The van der Waals surface area contributed by atoms with E-state index >= 15 is 0 Å². The number of rotatable bonds is 8. The number of hydrogen-bond donors (Lipinski definition) is 5. The average Bonchev–Trinajstić information content (AvgIpc) is 2.72. The molecule has 2 aromatic carbocycles. The number of carbonyl (C=O) groups excluding carboxylic acids is 1. The second-order valence-corrected chi connectivity index (χ2v) is 9.99. The molecule has 0 spiro atoms. The Hall–Kier alpha value is -2.09. The Labute approximate surface area is 203 Å². The van der Waals surface area contributed by atoms with Gasteiger partial charge >= 0.3 is 6.18 Å². The zero-order valence-electron chi connectivity index (χ0n) is 17.7. The predicted octanol–water partition coefficient (Wildman–Crippen LogP) is 3.14. The third-order valence-electron chi connectivity index (χ3n) is 4.87. The van der Waals surface area contributed by atoms with Crippen molar-refractivity contribution < 1.29 is 41.7 Å². The largest absolute Gasteiger partial charge is 0.507 e. The minimum Gasteiger partial charge on any atom is -0.507 e. The first kappa shape index (κ1) is 28.1. The summed E-state index contributed by atoms with van der Waals surface area (Å²) in [6.07, 6.45) is -5.28. The van der Waals surface area contributed by atoms with Gasteiger partial charge in [0.2, 0.25) is 10.0 Å². The Bertz CT molecular complexity index is 1180. The van der Waals surface area contributed by atoms with Gasteiger partial charge in [0, 0.05) is 6.04 Å². The highest BCUT2D eigenvalue weighted by Gasteiger charge is 2.56. The van der Waals surface area contributed by atoms with Crippen molar-refractivity contribution in [2.45, 2.75) is 42.6 Å². The fourth-order valence-electron chi connectivity index (χ4n) is 2.90. The summed E-state index contributed by atoms with van der Waals surface area (Å²) in [5.74, 6) is -1.70. The zero-order valence-corrected chi connectivity index (χ0v) is 20.0. The van der Waals surface area contributed by atoms with Crippen molar-refractivity contribution in [3.8, 4) is 5.75 Å². The number of halogens is 5. The summed E-state index contributed by atoms with van der Waals surface area (Å²) in [4.78, 5) is 12.0. The number of para-hydroxylation sites is 1. The minimum atomic E-state index is -5.28. The average molecular weight is 545 g/mol. The summed E-state index contributed by atoms with van der Waals surface area (Å²) in [5.41, 5.74) is -4.51. The molecule has 1 amide bonds. The topological polar surface area (TPSA) is 136 Å². The van der Waals surface area contributed by atoms with Crippen LogP contribution in [0.1, 0.15) is 35.8 Å². The highest BCUT2D eigenvalue weighted by molar-refractivity contribution is 7.89. The maximum atomic E-state index is 13.7. The lowest BCUT2D eigenvalue weighted by Gasteiger charge is -2.36.